The van der Waals surface area contributed by atoms with Crippen molar-refractivity contribution in [2.45, 2.75) is 25.7 Å². The van der Waals surface area contributed by atoms with Crippen LogP contribution in [-0.4, -0.2) is 27.3 Å². The first-order valence-corrected chi connectivity index (χ1v) is 3.29. The molecule has 0 atom stereocenters. The van der Waals surface area contributed by atoms with Crippen LogP contribution in [0.3, 0.4) is 0 Å². The Kier molecular flexibility index (Phi) is 13.0. The van der Waals surface area contributed by atoms with Crippen LogP contribution in [0.2, 0.25) is 0 Å². The molecule has 9 N–H and O–H groups in total. The summed E-state index contributed by atoms with van der Waals surface area (Å²) < 4.78 is 0. The van der Waals surface area contributed by atoms with Gasteiger partial charge in [0.1, 0.15) is 0 Å². The third-order valence-corrected chi connectivity index (χ3v) is 0.734. The lowest BCUT2D eigenvalue weighted by molar-refractivity contribution is -0.314. The highest BCUT2D eigenvalue weighted by molar-refractivity contribution is 5.85. The quantitative estimate of drug-likeness (QED) is 0.103. The zero-order valence-corrected chi connectivity index (χ0v) is 8.16. The van der Waals surface area contributed by atoms with Gasteiger partial charge in [-0.15, -0.1) is 17.5 Å². The molecule has 0 radical (unpaired) electrons. The zero-order valence-electron chi connectivity index (χ0n) is 7.34. The lowest BCUT2D eigenvalue weighted by Gasteiger charge is -2.10. The molecule has 0 aromatic carbocycles. The summed E-state index contributed by atoms with van der Waals surface area (Å²) in [6.07, 6.45) is 0.566. The minimum atomic E-state index is -2.45. The maximum Gasteiger partial charge on any atom is 0.275 e. The summed E-state index contributed by atoms with van der Waals surface area (Å²) in [5, 5.41) is 27.2. The molecule has 0 spiro atoms. The van der Waals surface area contributed by atoms with Crippen LogP contribution in [0.25, 0.3) is 0 Å². The van der Waals surface area contributed by atoms with Crippen LogP contribution in [0, 0.1) is 0 Å². The van der Waals surface area contributed by atoms with Crippen LogP contribution in [0.1, 0.15) is 19.8 Å². The second-order valence-electron chi connectivity index (χ2n) is 2.08. The highest BCUT2D eigenvalue weighted by atomic mass is 35.5. The van der Waals surface area contributed by atoms with Gasteiger partial charge in [0.25, 0.3) is 5.97 Å². The van der Waals surface area contributed by atoms with Crippen LogP contribution < -0.4 is 17.3 Å². The second kappa shape index (κ2) is 9.33. The molecule has 0 aliphatic carbocycles. The molecule has 82 valence electrons. The highest BCUT2D eigenvalue weighted by Crippen LogP contribution is 2.01. The Labute approximate surface area is 82.6 Å². The van der Waals surface area contributed by atoms with E-state index in [4.69, 9.17) is 26.8 Å². The van der Waals surface area contributed by atoms with E-state index >= 15 is 0 Å². The molecule has 0 aliphatic rings. The average molecular weight is 217 g/mol. The van der Waals surface area contributed by atoms with Gasteiger partial charge < -0.3 is 32.6 Å². The average Bonchev–Trinajstić information content (AvgIpc) is 1.86. The van der Waals surface area contributed by atoms with Crippen molar-refractivity contribution in [2.75, 3.05) is 0 Å². The van der Waals surface area contributed by atoms with Crippen molar-refractivity contribution in [3.63, 3.8) is 0 Å². The summed E-state index contributed by atoms with van der Waals surface area (Å²) in [4.78, 5) is 0. The monoisotopic (exact) mass is 216 g/mol. The number of halogens is 1. The Morgan fingerprint density at radius 1 is 1.31 bits per heavy atom. The molecule has 13 heavy (non-hydrogen) atoms. The fourth-order valence-electron chi connectivity index (χ4n) is 0.335. The molecule has 0 saturated carbocycles. The van der Waals surface area contributed by atoms with Gasteiger partial charge in [0.2, 0.25) is 5.96 Å². The molecule has 0 bridgehead atoms. The Bertz CT molecular complexity index is 132. The molecule has 8 heteroatoms. The molecule has 0 amide bonds. The van der Waals surface area contributed by atoms with Crippen molar-refractivity contribution in [3.05, 3.63) is 0 Å². The first-order chi connectivity index (χ1) is 5.33. The van der Waals surface area contributed by atoms with Crippen LogP contribution in [0.15, 0.2) is 5.10 Å². The largest absolute Gasteiger partial charge is 0.369 e. The molecule has 7 nitrogen and oxygen atoms in total. The normalized spacial score (nSPS) is 8.92. The van der Waals surface area contributed by atoms with Crippen LogP contribution in [0.5, 0.6) is 0 Å². The van der Waals surface area contributed by atoms with E-state index in [0.717, 1.165) is 0 Å². The van der Waals surface area contributed by atoms with E-state index in [1.54, 1.807) is 6.92 Å². The molecule has 0 aliphatic heterocycles. The van der Waals surface area contributed by atoms with Gasteiger partial charge >= 0.3 is 0 Å². The standard InChI is InChI=1S/C4H10O3.CH6N4.ClH/c1-2-3-4(5,6)7;2-1(3)5-4;/h5-7H,2-3H2,1H3;4H2,(H4,2,3,5);1H. The summed E-state index contributed by atoms with van der Waals surface area (Å²) in [5.74, 6) is 1.97. The summed E-state index contributed by atoms with van der Waals surface area (Å²) >= 11 is 0. The molecule has 0 saturated heterocycles. The van der Waals surface area contributed by atoms with E-state index in [-0.39, 0.29) is 24.8 Å². The number of aliphatic hydroxyl groups is 3. The van der Waals surface area contributed by atoms with Crippen LogP contribution >= 0.6 is 12.4 Å². The molecule has 0 fully saturated rings. The van der Waals surface area contributed by atoms with Crippen molar-refractivity contribution in [1.82, 2.24) is 0 Å². The Morgan fingerprint density at radius 3 is 1.62 bits per heavy atom. The third kappa shape index (κ3) is 35.0. The number of hydrogen-bond acceptors (Lipinski definition) is 5. The van der Waals surface area contributed by atoms with Crippen LogP contribution in [0.4, 0.5) is 0 Å². The van der Waals surface area contributed by atoms with Gasteiger partial charge in [-0.2, -0.15) is 0 Å². The predicted molar refractivity (Wildman–Crippen MR) is 51.5 cm³/mol. The van der Waals surface area contributed by atoms with Gasteiger partial charge in [-0.05, 0) is 6.42 Å². The first-order valence-electron chi connectivity index (χ1n) is 3.29. The lowest BCUT2D eigenvalue weighted by Crippen LogP contribution is -2.26. The summed E-state index contributed by atoms with van der Waals surface area (Å²) in [7, 11) is 0. The van der Waals surface area contributed by atoms with Crippen molar-refractivity contribution in [2.24, 2.45) is 22.4 Å². The molecule has 0 heterocycles. The van der Waals surface area contributed by atoms with Gasteiger partial charge in [-0.3, -0.25) is 0 Å². The van der Waals surface area contributed by atoms with Crippen molar-refractivity contribution < 1.29 is 15.3 Å². The summed E-state index contributed by atoms with van der Waals surface area (Å²) in [5.41, 5.74) is 9.39. The third-order valence-electron chi connectivity index (χ3n) is 0.734. The van der Waals surface area contributed by atoms with E-state index in [1.807, 2.05) is 0 Å². The minimum Gasteiger partial charge on any atom is -0.369 e. The van der Waals surface area contributed by atoms with Gasteiger partial charge in [0, 0.05) is 6.42 Å². The number of guanidine groups is 1. The fraction of sp³-hybridized carbons (Fsp3) is 0.800. The van der Waals surface area contributed by atoms with E-state index < -0.39 is 5.97 Å². The number of hydrogen-bond donors (Lipinski definition) is 6. The van der Waals surface area contributed by atoms with Gasteiger partial charge in [-0.1, -0.05) is 6.92 Å². The summed E-state index contributed by atoms with van der Waals surface area (Å²) in [6.45, 7) is 1.75. The minimum absolute atomic E-state index is 0. The SMILES string of the molecule is CCCC(O)(O)O.Cl.NN=C(N)N. The topological polar surface area (TPSA) is 151 Å². The molecular formula is C5H17ClN4O3. The molecule has 0 aromatic heterocycles. The van der Waals surface area contributed by atoms with Crippen LogP contribution in [-0.2, 0) is 0 Å². The number of hydrazone groups is 1. The van der Waals surface area contributed by atoms with Gasteiger partial charge in [0.15, 0.2) is 0 Å². The maximum absolute atomic E-state index is 8.13. The first kappa shape index (κ1) is 18.1. The zero-order chi connectivity index (χ0) is 10.2. The smallest absolute Gasteiger partial charge is 0.275 e. The second-order valence-corrected chi connectivity index (χ2v) is 2.08. The maximum atomic E-state index is 8.13. The van der Waals surface area contributed by atoms with Gasteiger partial charge in [0.05, 0.1) is 0 Å². The van der Waals surface area contributed by atoms with E-state index in [9.17, 15) is 0 Å². The Balaban J connectivity index is -0.000000150. The number of nitrogens with zero attached hydrogens (tertiary/aromatic N) is 1. The number of nitrogens with two attached hydrogens (primary N) is 3. The lowest BCUT2D eigenvalue weighted by atomic mass is 10.3. The van der Waals surface area contributed by atoms with Crippen molar-refractivity contribution in [3.8, 4) is 0 Å². The molecule has 0 aromatic rings. The summed E-state index contributed by atoms with van der Waals surface area (Å²) in [6, 6.07) is 0. The number of rotatable bonds is 2. The van der Waals surface area contributed by atoms with Crippen molar-refractivity contribution >= 4 is 18.4 Å². The molecule has 0 unspecified atom stereocenters. The van der Waals surface area contributed by atoms with E-state index in [2.05, 4.69) is 10.9 Å². The predicted octanol–water partition coefficient (Wildman–Crippen LogP) is -2.03. The Morgan fingerprint density at radius 2 is 1.62 bits per heavy atom. The molecule has 0 rings (SSSR count). The fourth-order valence-corrected chi connectivity index (χ4v) is 0.335. The van der Waals surface area contributed by atoms with E-state index in [1.165, 1.54) is 0 Å². The van der Waals surface area contributed by atoms with E-state index in [0.29, 0.717) is 6.42 Å². The highest BCUT2D eigenvalue weighted by Gasteiger charge is 2.14. The van der Waals surface area contributed by atoms with Gasteiger partial charge in [-0.25, -0.2) is 0 Å². The Hall–Kier alpha value is -0.760. The molecular weight excluding hydrogens is 200 g/mol. The van der Waals surface area contributed by atoms with Crippen molar-refractivity contribution in [1.29, 1.82) is 0 Å².